The highest BCUT2D eigenvalue weighted by Crippen LogP contribution is 2.33. The van der Waals surface area contributed by atoms with Crippen molar-refractivity contribution in [3.63, 3.8) is 0 Å². The van der Waals surface area contributed by atoms with Crippen molar-refractivity contribution in [2.75, 3.05) is 7.11 Å². The van der Waals surface area contributed by atoms with Gasteiger partial charge in [-0.05, 0) is 36.2 Å². The van der Waals surface area contributed by atoms with Gasteiger partial charge in [-0.25, -0.2) is 8.42 Å². The van der Waals surface area contributed by atoms with E-state index in [9.17, 15) is 21.6 Å². The molecule has 0 bridgehead atoms. The standard InChI is InChI=1S/C21H18F3NO4S/c1-14-3-5-16(6-4-14)17-9-15(11-25-12-17)13-30(26,27)20-10-18(29-21(22,23)24)7-8-19(20)28-2/h3-12H,13H2,1-2H3. The van der Waals surface area contributed by atoms with Crippen molar-refractivity contribution in [1.29, 1.82) is 0 Å². The summed E-state index contributed by atoms with van der Waals surface area (Å²) in [5.74, 6) is -1.19. The molecule has 3 rings (SSSR count). The molecule has 9 heteroatoms. The van der Waals surface area contributed by atoms with Crippen LogP contribution in [-0.2, 0) is 15.6 Å². The molecule has 0 saturated carbocycles. The maximum absolute atomic E-state index is 12.9. The highest BCUT2D eigenvalue weighted by molar-refractivity contribution is 7.90. The Morgan fingerprint density at radius 2 is 1.67 bits per heavy atom. The van der Waals surface area contributed by atoms with Gasteiger partial charge in [0.1, 0.15) is 16.4 Å². The second kappa shape index (κ2) is 8.35. The molecule has 0 radical (unpaired) electrons. The van der Waals surface area contributed by atoms with Crippen molar-refractivity contribution >= 4 is 9.84 Å². The zero-order chi connectivity index (χ0) is 21.9. The Kier molecular flexibility index (Phi) is 6.02. The number of benzene rings is 2. The van der Waals surface area contributed by atoms with Crippen molar-refractivity contribution in [2.45, 2.75) is 23.9 Å². The summed E-state index contributed by atoms with van der Waals surface area (Å²) in [4.78, 5) is 3.70. The molecule has 2 aromatic carbocycles. The molecule has 1 aromatic heterocycles. The number of methoxy groups -OCH3 is 1. The molecule has 0 aliphatic carbocycles. The molecule has 5 nitrogen and oxygen atoms in total. The van der Waals surface area contributed by atoms with E-state index in [2.05, 4.69) is 9.72 Å². The largest absolute Gasteiger partial charge is 0.573 e. The SMILES string of the molecule is COc1ccc(OC(F)(F)F)cc1S(=O)(=O)Cc1cncc(-c2ccc(C)cc2)c1. The molecule has 0 atom stereocenters. The lowest BCUT2D eigenvalue weighted by atomic mass is 10.1. The Balaban J connectivity index is 1.94. The first-order valence-electron chi connectivity index (χ1n) is 8.75. The molecule has 0 spiro atoms. The average Bonchev–Trinajstić information content (AvgIpc) is 2.67. The summed E-state index contributed by atoms with van der Waals surface area (Å²) < 4.78 is 72.3. The van der Waals surface area contributed by atoms with Gasteiger partial charge in [0.05, 0.1) is 12.9 Å². The molecule has 0 fully saturated rings. The maximum Gasteiger partial charge on any atom is 0.573 e. The van der Waals surface area contributed by atoms with Crippen LogP contribution in [0.15, 0.2) is 65.8 Å². The van der Waals surface area contributed by atoms with E-state index in [-0.39, 0.29) is 5.75 Å². The van der Waals surface area contributed by atoms with Gasteiger partial charge in [0.15, 0.2) is 9.84 Å². The van der Waals surface area contributed by atoms with Crippen LogP contribution in [0, 0.1) is 6.92 Å². The number of aryl methyl sites for hydroxylation is 1. The zero-order valence-corrected chi connectivity index (χ0v) is 16.9. The Labute approximate surface area is 172 Å². The number of hydrogen-bond acceptors (Lipinski definition) is 5. The third-order valence-electron chi connectivity index (χ3n) is 4.24. The number of ether oxygens (including phenoxy) is 2. The first kappa shape index (κ1) is 21.6. The predicted octanol–water partition coefficient (Wildman–Crippen LogP) is 4.94. The van der Waals surface area contributed by atoms with Crippen molar-refractivity contribution < 1.29 is 31.1 Å². The van der Waals surface area contributed by atoms with Gasteiger partial charge < -0.3 is 9.47 Å². The van der Waals surface area contributed by atoms with Gasteiger partial charge in [-0.2, -0.15) is 0 Å². The van der Waals surface area contributed by atoms with Crippen LogP contribution < -0.4 is 9.47 Å². The van der Waals surface area contributed by atoms with Crippen LogP contribution in [-0.4, -0.2) is 26.9 Å². The number of alkyl halides is 3. The smallest absolute Gasteiger partial charge is 0.495 e. The minimum absolute atomic E-state index is 0.0767. The van der Waals surface area contributed by atoms with E-state index >= 15 is 0 Å². The number of rotatable bonds is 6. The van der Waals surface area contributed by atoms with Gasteiger partial charge in [-0.1, -0.05) is 29.8 Å². The summed E-state index contributed by atoms with van der Waals surface area (Å²) in [6.45, 7) is 1.95. The number of nitrogens with zero attached hydrogens (tertiary/aromatic N) is 1. The van der Waals surface area contributed by atoms with E-state index in [0.29, 0.717) is 5.56 Å². The Hall–Kier alpha value is -3.07. The number of sulfone groups is 1. The minimum Gasteiger partial charge on any atom is -0.495 e. The molecule has 0 N–H and O–H groups in total. The van der Waals surface area contributed by atoms with Gasteiger partial charge >= 0.3 is 6.36 Å². The van der Waals surface area contributed by atoms with Crippen LogP contribution >= 0.6 is 0 Å². The lowest BCUT2D eigenvalue weighted by Crippen LogP contribution is -2.17. The number of halogens is 3. The molecule has 3 aromatic rings. The van der Waals surface area contributed by atoms with Gasteiger partial charge in [0, 0.05) is 24.0 Å². The topological polar surface area (TPSA) is 65.5 Å². The highest BCUT2D eigenvalue weighted by Gasteiger charge is 2.32. The fourth-order valence-corrected chi connectivity index (χ4v) is 4.37. The van der Waals surface area contributed by atoms with Gasteiger partial charge in [-0.3, -0.25) is 4.98 Å². The summed E-state index contributed by atoms with van der Waals surface area (Å²) in [5, 5.41) is 0. The number of hydrogen-bond donors (Lipinski definition) is 0. The Morgan fingerprint density at radius 3 is 2.30 bits per heavy atom. The quantitative estimate of drug-likeness (QED) is 0.547. The molecule has 0 unspecified atom stereocenters. The van der Waals surface area contributed by atoms with Crippen molar-refractivity contribution in [1.82, 2.24) is 4.98 Å². The summed E-state index contributed by atoms with van der Waals surface area (Å²) in [5.41, 5.74) is 3.06. The van der Waals surface area contributed by atoms with E-state index in [1.54, 1.807) is 12.3 Å². The van der Waals surface area contributed by atoms with Crippen LogP contribution in [0.5, 0.6) is 11.5 Å². The summed E-state index contributed by atoms with van der Waals surface area (Å²) >= 11 is 0. The van der Waals surface area contributed by atoms with E-state index < -0.39 is 32.6 Å². The monoisotopic (exact) mass is 437 g/mol. The van der Waals surface area contributed by atoms with E-state index in [1.165, 1.54) is 13.3 Å². The van der Waals surface area contributed by atoms with Crippen molar-refractivity contribution in [2.24, 2.45) is 0 Å². The molecule has 0 aliphatic heterocycles. The summed E-state index contributed by atoms with van der Waals surface area (Å²) in [6.07, 6.45) is -1.93. The van der Waals surface area contributed by atoms with Gasteiger partial charge in [0.2, 0.25) is 0 Å². The summed E-state index contributed by atoms with van der Waals surface area (Å²) in [6, 6.07) is 12.2. The fraction of sp³-hybridized carbons (Fsp3) is 0.190. The van der Waals surface area contributed by atoms with Gasteiger partial charge in [0.25, 0.3) is 0 Å². The van der Waals surface area contributed by atoms with Crippen molar-refractivity contribution in [3.05, 3.63) is 72.1 Å². The Bertz CT molecular complexity index is 1140. The molecule has 158 valence electrons. The van der Waals surface area contributed by atoms with Crippen LogP contribution in [0.1, 0.15) is 11.1 Å². The van der Waals surface area contributed by atoms with Crippen LogP contribution in [0.3, 0.4) is 0 Å². The van der Waals surface area contributed by atoms with Crippen LogP contribution in [0.2, 0.25) is 0 Å². The molecular formula is C21H18F3NO4S. The second-order valence-electron chi connectivity index (χ2n) is 6.57. The minimum atomic E-state index is -4.94. The van der Waals surface area contributed by atoms with E-state index in [4.69, 9.17) is 4.74 Å². The average molecular weight is 437 g/mol. The first-order chi connectivity index (χ1) is 14.1. The maximum atomic E-state index is 12.9. The van der Waals surface area contributed by atoms with Crippen LogP contribution in [0.4, 0.5) is 13.2 Å². The summed E-state index contributed by atoms with van der Waals surface area (Å²) in [7, 11) is -2.82. The van der Waals surface area contributed by atoms with Crippen LogP contribution in [0.25, 0.3) is 11.1 Å². The number of pyridine rings is 1. The predicted molar refractivity (Wildman–Crippen MR) is 105 cm³/mol. The molecule has 0 amide bonds. The molecule has 0 saturated heterocycles. The molecule has 1 heterocycles. The number of aromatic nitrogens is 1. The highest BCUT2D eigenvalue weighted by atomic mass is 32.2. The van der Waals surface area contributed by atoms with E-state index in [0.717, 1.165) is 34.9 Å². The molecule has 30 heavy (non-hydrogen) atoms. The Morgan fingerprint density at radius 1 is 0.967 bits per heavy atom. The second-order valence-corrected chi connectivity index (χ2v) is 8.53. The van der Waals surface area contributed by atoms with E-state index in [1.807, 2.05) is 31.2 Å². The first-order valence-corrected chi connectivity index (χ1v) is 10.4. The molecular weight excluding hydrogens is 419 g/mol. The van der Waals surface area contributed by atoms with Crippen molar-refractivity contribution in [3.8, 4) is 22.6 Å². The molecule has 0 aliphatic rings. The van der Waals surface area contributed by atoms with Gasteiger partial charge in [-0.15, -0.1) is 13.2 Å². The lowest BCUT2D eigenvalue weighted by molar-refractivity contribution is -0.274. The fourth-order valence-electron chi connectivity index (χ4n) is 2.86. The third-order valence-corrected chi connectivity index (χ3v) is 5.94. The normalized spacial score (nSPS) is 11.9. The lowest BCUT2D eigenvalue weighted by Gasteiger charge is -2.14. The third kappa shape index (κ3) is 5.29. The zero-order valence-electron chi connectivity index (χ0n) is 16.1.